The van der Waals surface area contributed by atoms with Crippen LogP contribution in [0.25, 0.3) is 0 Å². The van der Waals surface area contributed by atoms with Crippen molar-refractivity contribution in [2.45, 2.75) is 37.6 Å². The Balaban J connectivity index is 1.72. The number of carbonyl (C=O) groups excluding carboxylic acids is 1. The number of sulfonamides is 1. The second-order valence-corrected chi connectivity index (χ2v) is 8.83. The van der Waals surface area contributed by atoms with Crippen LogP contribution in [0, 0.1) is 11.3 Å². The highest BCUT2D eigenvalue weighted by molar-refractivity contribution is 7.89. The molecule has 6 nitrogen and oxygen atoms in total. The maximum absolute atomic E-state index is 12.7. The molecule has 0 aliphatic carbocycles. The normalized spacial score (nSPS) is 15.0. The van der Waals surface area contributed by atoms with Crippen LogP contribution in [0.5, 0.6) is 0 Å². The molecule has 3 rings (SSSR count). The largest absolute Gasteiger partial charge is 0.380 e. The number of benzene rings is 2. The molecule has 0 unspecified atom stereocenters. The number of hydrogen-bond donors (Lipinski definition) is 1. The van der Waals surface area contributed by atoms with Gasteiger partial charge in [-0.1, -0.05) is 18.6 Å². The van der Waals surface area contributed by atoms with E-state index >= 15 is 0 Å². The van der Waals surface area contributed by atoms with Crippen molar-refractivity contribution < 1.29 is 13.2 Å². The van der Waals surface area contributed by atoms with Crippen LogP contribution in [0.1, 0.15) is 47.7 Å². The van der Waals surface area contributed by atoms with Gasteiger partial charge in [0.1, 0.15) is 6.07 Å². The highest BCUT2D eigenvalue weighted by Crippen LogP contribution is 2.22. The molecule has 0 atom stereocenters. The molecule has 1 aliphatic rings. The Labute approximate surface area is 165 Å². The lowest BCUT2D eigenvalue weighted by molar-refractivity contribution is 0.101. The fraction of sp³-hybridized carbons (Fsp3) is 0.333. The summed E-state index contributed by atoms with van der Waals surface area (Å²) in [6.07, 6.45) is 2.88. The quantitative estimate of drug-likeness (QED) is 0.753. The van der Waals surface area contributed by atoms with Gasteiger partial charge in [0.2, 0.25) is 10.0 Å². The van der Waals surface area contributed by atoms with Crippen molar-refractivity contribution in [3.63, 3.8) is 0 Å². The van der Waals surface area contributed by atoms with Gasteiger partial charge in [0, 0.05) is 25.2 Å². The van der Waals surface area contributed by atoms with Gasteiger partial charge in [-0.15, -0.1) is 0 Å². The van der Waals surface area contributed by atoms with Crippen LogP contribution in [-0.4, -0.2) is 31.6 Å². The van der Waals surface area contributed by atoms with Gasteiger partial charge in [0.25, 0.3) is 0 Å². The number of carbonyl (C=O) groups is 1. The van der Waals surface area contributed by atoms with E-state index in [9.17, 15) is 18.5 Å². The van der Waals surface area contributed by atoms with Crippen LogP contribution in [0.2, 0.25) is 0 Å². The van der Waals surface area contributed by atoms with E-state index in [0.29, 0.717) is 41.3 Å². The summed E-state index contributed by atoms with van der Waals surface area (Å²) in [5, 5.41) is 12.4. The monoisotopic (exact) mass is 397 g/mol. The van der Waals surface area contributed by atoms with E-state index in [2.05, 4.69) is 11.4 Å². The summed E-state index contributed by atoms with van der Waals surface area (Å²) < 4.78 is 27.0. The third kappa shape index (κ3) is 4.41. The van der Waals surface area contributed by atoms with Gasteiger partial charge in [-0.25, -0.2) is 8.42 Å². The molecule has 2 aromatic rings. The molecule has 0 bridgehead atoms. The fourth-order valence-electron chi connectivity index (χ4n) is 3.24. The van der Waals surface area contributed by atoms with Crippen molar-refractivity contribution in [2.24, 2.45) is 0 Å². The van der Waals surface area contributed by atoms with E-state index in [0.717, 1.165) is 24.8 Å². The van der Waals surface area contributed by atoms with Gasteiger partial charge in [-0.3, -0.25) is 4.79 Å². The van der Waals surface area contributed by atoms with Gasteiger partial charge < -0.3 is 5.32 Å². The Bertz CT molecular complexity index is 1000. The molecular formula is C21H23N3O3S. The summed E-state index contributed by atoms with van der Waals surface area (Å²) in [5.74, 6) is -0.0696. The average Bonchev–Trinajstić information content (AvgIpc) is 2.73. The number of ketones is 1. The van der Waals surface area contributed by atoms with Gasteiger partial charge >= 0.3 is 0 Å². The lowest BCUT2D eigenvalue weighted by Gasteiger charge is -2.25. The van der Waals surface area contributed by atoms with E-state index in [1.54, 1.807) is 46.8 Å². The highest BCUT2D eigenvalue weighted by Gasteiger charge is 2.25. The number of hydrogen-bond acceptors (Lipinski definition) is 5. The first-order valence-electron chi connectivity index (χ1n) is 9.30. The minimum absolute atomic E-state index is 0.0696. The van der Waals surface area contributed by atoms with Crippen LogP contribution in [-0.2, 0) is 16.6 Å². The lowest BCUT2D eigenvalue weighted by Crippen LogP contribution is -2.35. The molecule has 0 radical (unpaired) electrons. The van der Waals surface area contributed by atoms with Gasteiger partial charge in [0.05, 0.1) is 16.1 Å². The summed E-state index contributed by atoms with van der Waals surface area (Å²) >= 11 is 0. The zero-order valence-corrected chi connectivity index (χ0v) is 16.6. The number of anilines is 1. The first kappa shape index (κ1) is 20.1. The second-order valence-electron chi connectivity index (χ2n) is 6.89. The Morgan fingerprint density at radius 3 is 2.39 bits per heavy atom. The van der Waals surface area contributed by atoms with Crippen LogP contribution in [0.3, 0.4) is 0 Å². The predicted molar refractivity (Wildman–Crippen MR) is 108 cm³/mol. The number of nitriles is 1. The van der Waals surface area contributed by atoms with Crippen LogP contribution >= 0.6 is 0 Å². The minimum atomic E-state index is -3.44. The molecule has 2 aromatic carbocycles. The molecule has 0 amide bonds. The third-order valence-corrected chi connectivity index (χ3v) is 6.82. The molecule has 7 heteroatoms. The van der Waals surface area contributed by atoms with Crippen molar-refractivity contribution >= 4 is 21.5 Å². The molecule has 1 aliphatic heterocycles. The summed E-state index contributed by atoms with van der Waals surface area (Å²) in [5.41, 5.74) is 2.45. The maximum atomic E-state index is 12.7. The Kier molecular flexibility index (Phi) is 6.12. The van der Waals surface area contributed by atoms with Gasteiger partial charge in [0.15, 0.2) is 5.78 Å². The van der Waals surface area contributed by atoms with E-state index in [1.807, 2.05) is 0 Å². The van der Waals surface area contributed by atoms with Crippen LogP contribution in [0.4, 0.5) is 5.69 Å². The Morgan fingerprint density at radius 1 is 1.11 bits per heavy atom. The molecule has 28 heavy (non-hydrogen) atoms. The topological polar surface area (TPSA) is 90.3 Å². The molecule has 0 saturated carbocycles. The number of nitrogens with one attached hydrogen (secondary N) is 1. The first-order valence-corrected chi connectivity index (χ1v) is 10.7. The number of Topliss-reactive ketones (excluding diaryl/α,β-unsaturated/α-hetero) is 1. The molecule has 1 heterocycles. The van der Waals surface area contributed by atoms with Crippen molar-refractivity contribution in [3.8, 4) is 6.07 Å². The third-order valence-electron chi connectivity index (χ3n) is 4.91. The summed E-state index contributed by atoms with van der Waals surface area (Å²) in [6.45, 7) is 3.05. The summed E-state index contributed by atoms with van der Waals surface area (Å²) in [4.78, 5) is 11.9. The molecule has 0 aromatic heterocycles. The molecule has 146 valence electrons. The zero-order valence-electron chi connectivity index (χ0n) is 15.8. The SMILES string of the molecule is CC(=O)c1ccc(C#N)c(NCc2ccc(S(=O)(=O)N3CCCCC3)cc2)c1. The van der Waals surface area contributed by atoms with Crippen LogP contribution < -0.4 is 5.32 Å². The number of nitrogens with zero attached hydrogens (tertiary/aromatic N) is 2. The predicted octanol–water partition coefficient (Wildman–Crippen LogP) is 3.55. The molecule has 1 N–H and O–H groups in total. The molecule has 0 spiro atoms. The summed E-state index contributed by atoms with van der Waals surface area (Å²) in [6, 6.07) is 13.8. The van der Waals surface area contributed by atoms with Crippen molar-refractivity contribution in [1.82, 2.24) is 4.31 Å². The van der Waals surface area contributed by atoms with E-state index in [4.69, 9.17) is 0 Å². The highest BCUT2D eigenvalue weighted by atomic mass is 32.2. The second kappa shape index (κ2) is 8.55. The van der Waals surface area contributed by atoms with Gasteiger partial charge in [-0.2, -0.15) is 9.57 Å². The molecular weight excluding hydrogens is 374 g/mol. The smallest absolute Gasteiger partial charge is 0.243 e. The van der Waals surface area contributed by atoms with Crippen molar-refractivity contribution in [1.29, 1.82) is 5.26 Å². The first-order chi connectivity index (χ1) is 13.4. The molecule has 1 fully saturated rings. The van der Waals surface area contributed by atoms with E-state index < -0.39 is 10.0 Å². The van der Waals surface area contributed by atoms with E-state index in [-0.39, 0.29) is 5.78 Å². The fourth-order valence-corrected chi connectivity index (χ4v) is 4.75. The van der Waals surface area contributed by atoms with Crippen LogP contribution in [0.15, 0.2) is 47.4 Å². The number of rotatable bonds is 6. The van der Waals surface area contributed by atoms with Crippen molar-refractivity contribution in [2.75, 3.05) is 18.4 Å². The van der Waals surface area contributed by atoms with Crippen molar-refractivity contribution in [3.05, 3.63) is 59.2 Å². The van der Waals surface area contributed by atoms with E-state index in [1.165, 1.54) is 6.92 Å². The van der Waals surface area contributed by atoms with Gasteiger partial charge in [-0.05, 0) is 55.7 Å². The number of piperidine rings is 1. The standard InChI is InChI=1S/C21H23N3O3S/c1-16(25)18-7-8-19(14-22)21(13-18)23-15-17-5-9-20(10-6-17)28(26,27)24-11-3-2-4-12-24/h5-10,13,23H,2-4,11-12,15H2,1H3. The minimum Gasteiger partial charge on any atom is -0.380 e. The average molecular weight is 398 g/mol. The lowest BCUT2D eigenvalue weighted by atomic mass is 10.1. The molecule has 1 saturated heterocycles. The zero-order chi connectivity index (χ0) is 20.1. The Morgan fingerprint density at radius 2 is 1.79 bits per heavy atom. The maximum Gasteiger partial charge on any atom is 0.243 e. The Hall–Kier alpha value is -2.69. The summed E-state index contributed by atoms with van der Waals surface area (Å²) in [7, 11) is -3.44.